The molecule has 3 N–H and O–H groups in total. The molecule has 0 saturated carbocycles. The first-order valence-corrected chi connectivity index (χ1v) is 5.27. The summed E-state index contributed by atoms with van der Waals surface area (Å²) < 4.78 is 0. The molecule has 0 aromatic heterocycles. The summed E-state index contributed by atoms with van der Waals surface area (Å²) in [4.78, 5) is 22.3. The van der Waals surface area contributed by atoms with Gasteiger partial charge in [-0.25, -0.2) is 0 Å². The molecule has 0 bridgehead atoms. The van der Waals surface area contributed by atoms with Gasteiger partial charge in [-0.05, 0) is 19.3 Å². The lowest BCUT2D eigenvalue weighted by Crippen LogP contribution is -2.33. The Kier molecular flexibility index (Phi) is 6.57. The fourth-order valence-electron chi connectivity index (χ4n) is 0.675. The van der Waals surface area contributed by atoms with Crippen LogP contribution in [0.1, 0.15) is 6.92 Å². The lowest BCUT2D eigenvalue weighted by atomic mass is 10.4. The molecular formula is C9H14N2O2S. The molecule has 78 valence electrons. The SMILES string of the molecule is C/C=C/C=C(\SC)C(=O)NCC(N)=O. The van der Waals surface area contributed by atoms with Crippen LogP contribution >= 0.6 is 11.8 Å². The molecule has 5 heteroatoms. The zero-order chi connectivity index (χ0) is 11.0. The van der Waals surface area contributed by atoms with E-state index < -0.39 is 5.91 Å². The highest BCUT2D eigenvalue weighted by atomic mass is 32.2. The third-order valence-electron chi connectivity index (χ3n) is 1.31. The third-order valence-corrected chi connectivity index (χ3v) is 2.07. The summed E-state index contributed by atoms with van der Waals surface area (Å²) in [6.07, 6.45) is 7.05. The fraction of sp³-hybridized carbons (Fsp3) is 0.333. The predicted octanol–water partition coefficient (Wildman–Crippen LogP) is 0.411. The maximum Gasteiger partial charge on any atom is 0.258 e. The number of allylic oxidation sites excluding steroid dienone is 3. The Morgan fingerprint density at radius 2 is 2.14 bits per heavy atom. The highest BCUT2D eigenvalue weighted by molar-refractivity contribution is 8.03. The van der Waals surface area contributed by atoms with Crippen molar-refractivity contribution in [3.05, 3.63) is 23.1 Å². The minimum absolute atomic E-state index is 0.132. The van der Waals surface area contributed by atoms with Crippen LogP contribution in [0.25, 0.3) is 0 Å². The first-order chi connectivity index (χ1) is 6.61. The van der Waals surface area contributed by atoms with Gasteiger partial charge in [-0.3, -0.25) is 9.59 Å². The van der Waals surface area contributed by atoms with E-state index in [0.29, 0.717) is 4.91 Å². The quantitative estimate of drug-likeness (QED) is 0.514. The highest BCUT2D eigenvalue weighted by Crippen LogP contribution is 2.11. The Morgan fingerprint density at radius 1 is 1.50 bits per heavy atom. The summed E-state index contributed by atoms with van der Waals surface area (Å²) in [5.41, 5.74) is 4.89. The molecule has 0 aliphatic heterocycles. The summed E-state index contributed by atoms with van der Waals surface area (Å²) in [7, 11) is 0. The average molecular weight is 214 g/mol. The molecule has 0 unspecified atom stereocenters. The minimum Gasteiger partial charge on any atom is -0.368 e. The van der Waals surface area contributed by atoms with E-state index in [9.17, 15) is 9.59 Å². The summed E-state index contributed by atoms with van der Waals surface area (Å²) in [6, 6.07) is 0. The zero-order valence-electron chi connectivity index (χ0n) is 8.24. The van der Waals surface area contributed by atoms with Crippen LogP contribution < -0.4 is 11.1 Å². The fourth-order valence-corrected chi connectivity index (χ4v) is 1.15. The summed E-state index contributed by atoms with van der Waals surface area (Å²) in [5, 5.41) is 2.41. The van der Waals surface area contributed by atoms with Crippen molar-refractivity contribution in [1.82, 2.24) is 5.32 Å². The van der Waals surface area contributed by atoms with Gasteiger partial charge in [0.05, 0.1) is 11.4 Å². The van der Waals surface area contributed by atoms with Crippen LogP contribution in [0, 0.1) is 0 Å². The van der Waals surface area contributed by atoms with E-state index >= 15 is 0 Å². The molecule has 0 spiro atoms. The molecule has 0 radical (unpaired) electrons. The van der Waals surface area contributed by atoms with E-state index in [2.05, 4.69) is 5.32 Å². The molecule has 0 aromatic carbocycles. The van der Waals surface area contributed by atoms with Crippen molar-refractivity contribution >= 4 is 23.6 Å². The molecule has 0 atom stereocenters. The number of primary amides is 1. The summed E-state index contributed by atoms with van der Waals surface area (Å²) >= 11 is 1.32. The number of rotatable bonds is 5. The molecular weight excluding hydrogens is 200 g/mol. The average Bonchev–Trinajstić information content (AvgIpc) is 2.16. The van der Waals surface area contributed by atoms with Crippen LogP contribution in [-0.4, -0.2) is 24.6 Å². The standard InChI is InChI=1S/C9H14N2O2S/c1-3-4-5-7(14-2)9(13)11-6-8(10)12/h3-5H,6H2,1-2H3,(H2,10,12)(H,11,13)/b4-3+,7-5-. The van der Waals surface area contributed by atoms with Crippen LogP contribution in [0.4, 0.5) is 0 Å². The van der Waals surface area contributed by atoms with Gasteiger partial charge in [-0.15, -0.1) is 11.8 Å². The number of hydrogen-bond acceptors (Lipinski definition) is 3. The number of thioether (sulfide) groups is 1. The lowest BCUT2D eigenvalue weighted by molar-refractivity contribution is -0.122. The molecule has 0 heterocycles. The van der Waals surface area contributed by atoms with Gasteiger partial charge >= 0.3 is 0 Å². The van der Waals surface area contributed by atoms with Crippen LogP contribution in [0.2, 0.25) is 0 Å². The van der Waals surface area contributed by atoms with Gasteiger partial charge in [0.15, 0.2) is 0 Å². The maximum absolute atomic E-state index is 11.3. The van der Waals surface area contributed by atoms with Gasteiger partial charge in [0, 0.05) is 0 Å². The number of nitrogens with one attached hydrogen (secondary N) is 1. The maximum atomic E-state index is 11.3. The van der Waals surface area contributed by atoms with Crippen molar-refractivity contribution in [3.63, 3.8) is 0 Å². The van der Waals surface area contributed by atoms with Gasteiger partial charge < -0.3 is 11.1 Å². The number of carbonyl (C=O) groups excluding carboxylic acids is 2. The summed E-state index contributed by atoms with van der Waals surface area (Å²) in [5.74, 6) is -0.834. The second kappa shape index (κ2) is 7.20. The van der Waals surface area contributed by atoms with E-state index in [1.807, 2.05) is 13.0 Å². The third kappa shape index (κ3) is 5.42. The van der Waals surface area contributed by atoms with Crippen molar-refractivity contribution in [2.75, 3.05) is 12.8 Å². The normalized spacial score (nSPS) is 11.7. The smallest absolute Gasteiger partial charge is 0.258 e. The minimum atomic E-state index is -0.551. The van der Waals surface area contributed by atoms with Crippen molar-refractivity contribution in [1.29, 1.82) is 0 Å². The zero-order valence-corrected chi connectivity index (χ0v) is 9.06. The van der Waals surface area contributed by atoms with Gasteiger partial charge in [0.25, 0.3) is 5.91 Å². The molecule has 0 fully saturated rings. The Balaban J connectivity index is 4.25. The molecule has 0 rings (SSSR count). The summed E-state index contributed by atoms with van der Waals surface area (Å²) in [6.45, 7) is 1.72. The van der Waals surface area contributed by atoms with Crippen LogP contribution in [0.15, 0.2) is 23.1 Å². The Bertz CT molecular complexity index is 272. The van der Waals surface area contributed by atoms with Crippen molar-refractivity contribution in [2.24, 2.45) is 5.73 Å². The number of nitrogens with two attached hydrogens (primary N) is 1. The Labute approximate surface area is 87.6 Å². The second-order valence-corrected chi connectivity index (χ2v) is 3.26. The van der Waals surface area contributed by atoms with Gasteiger partial charge in [-0.2, -0.15) is 0 Å². The monoisotopic (exact) mass is 214 g/mol. The first kappa shape index (κ1) is 12.8. The molecule has 0 aliphatic rings. The topological polar surface area (TPSA) is 72.2 Å². The van der Waals surface area contributed by atoms with E-state index in [0.717, 1.165) is 0 Å². The molecule has 0 saturated heterocycles. The van der Waals surface area contributed by atoms with Crippen molar-refractivity contribution < 1.29 is 9.59 Å². The van der Waals surface area contributed by atoms with Crippen LogP contribution in [0.5, 0.6) is 0 Å². The van der Waals surface area contributed by atoms with Gasteiger partial charge in [0.2, 0.25) is 5.91 Å². The predicted molar refractivity (Wildman–Crippen MR) is 58.6 cm³/mol. The molecule has 14 heavy (non-hydrogen) atoms. The number of hydrogen-bond donors (Lipinski definition) is 2. The number of amides is 2. The lowest BCUT2D eigenvalue weighted by Gasteiger charge is -2.03. The molecule has 4 nitrogen and oxygen atoms in total. The first-order valence-electron chi connectivity index (χ1n) is 4.05. The van der Waals surface area contributed by atoms with E-state index in [-0.39, 0.29) is 12.5 Å². The van der Waals surface area contributed by atoms with E-state index in [1.165, 1.54) is 11.8 Å². The molecule has 0 aliphatic carbocycles. The van der Waals surface area contributed by atoms with Gasteiger partial charge in [-0.1, -0.05) is 12.2 Å². The van der Waals surface area contributed by atoms with Crippen molar-refractivity contribution in [2.45, 2.75) is 6.92 Å². The number of carbonyl (C=O) groups is 2. The van der Waals surface area contributed by atoms with E-state index in [1.54, 1.807) is 18.4 Å². The highest BCUT2D eigenvalue weighted by Gasteiger charge is 2.07. The van der Waals surface area contributed by atoms with Crippen LogP contribution in [-0.2, 0) is 9.59 Å². The van der Waals surface area contributed by atoms with Crippen LogP contribution in [0.3, 0.4) is 0 Å². The Hall–Kier alpha value is -1.23. The van der Waals surface area contributed by atoms with Gasteiger partial charge in [0.1, 0.15) is 0 Å². The Morgan fingerprint density at radius 3 is 2.57 bits per heavy atom. The molecule has 0 aromatic rings. The van der Waals surface area contributed by atoms with E-state index in [4.69, 9.17) is 5.73 Å². The second-order valence-electron chi connectivity index (χ2n) is 2.41. The largest absolute Gasteiger partial charge is 0.368 e. The molecule has 2 amide bonds. The van der Waals surface area contributed by atoms with Crippen molar-refractivity contribution in [3.8, 4) is 0 Å².